The third-order valence-corrected chi connectivity index (χ3v) is 5.39. The van der Waals surface area contributed by atoms with Crippen molar-refractivity contribution in [3.63, 3.8) is 0 Å². The van der Waals surface area contributed by atoms with Gasteiger partial charge < -0.3 is 5.32 Å². The highest BCUT2D eigenvalue weighted by molar-refractivity contribution is 9.10. The Morgan fingerprint density at radius 1 is 1.39 bits per heavy atom. The molecule has 1 nitrogen and oxygen atoms in total. The van der Waals surface area contributed by atoms with Crippen LogP contribution in [0, 0.1) is 11.8 Å². The van der Waals surface area contributed by atoms with Crippen molar-refractivity contribution in [3.05, 3.63) is 33.3 Å². The summed E-state index contributed by atoms with van der Waals surface area (Å²) in [6, 6.07) is 6.59. The standard InChI is InChI=1S/C15H21BrClN/c1-10-5-3-6-11(9-10)15(18-2)12-7-4-8-13(16)14(12)17/h4,7-8,10-11,15,18H,3,5-6,9H2,1-2H3. The first-order valence-corrected chi connectivity index (χ1v) is 7.91. The maximum absolute atomic E-state index is 6.44. The Morgan fingerprint density at radius 3 is 2.83 bits per heavy atom. The van der Waals surface area contributed by atoms with Crippen molar-refractivity contribution in [2.45, 2.75) is 38.6 Å². The van der Waals surface area contributed by atoms with Gasteiger partial charge in [-0.1, -0.05) is 43.5 Å². The van der Waals surface area contributed by atoms with Gasteiger partial charge in [0.25, 0.3) is 0 Å². The molecule has 18 heavy (non-hydrogen) atoms. The Hall–Kier alpha value is -0.0500. The van der Waals surface area contributed by atoms with E-state index in [2.05, 4.69) is 40.3 Å². The minimum atomic E-state index is 0.373. The third kappa shape index (κ3) is 3.09. The highest BCUT2D eigenvalue weighted by atomic mass is 79.9. The van der Waals surface area contributed by atoms with Crippen LogP contribution in [0.4, 0.5) is 0 Å². The molecule has 1 saturated carbocycles. The molecule has 0 aromatic heterocycles. The van der Waals surface area contributed by atoms with Gasteiger partial charge in [-0.05, 0) is 59.3 Å². The molecule has 1 N–H and O–H groups in total. The molecule has 1 fully saturated rings. The van der Waals surface area contributed by atoms with E-state index < -0.39 is 0 Å². The zero-order chi connectivity index (χ0) is 13.1. The van der Waals surface area contributed by atoms with E-state index in [-0.39, 0.29) is 0 Å². The molecule has 1 aliphatic rings. The molecule has 0 saturated heterocycles. The topological polar surface area (TPSA) is 12.0 Å². The van der Waals surface area contributed by atoms with Crippen LogP contribution in [-0.4, -0.2) is 7.05 Å². The van der Waals surface area contributed by atoms with Gasteiger partial charge in [0.1, 0.15) is 0 Å². The lowest BCUT2D eigenvalue weighted by molar-refractivity contribution is 0.230. The van der Waals surface area contributed by atoms with Gasteiger partial charge in [-0.15, -0.1) is 0 Å². The second kappa shape index (κ2) is 6.40. The fraction of sp³-hybridized carbons (Fsp3) is 0.600. The molecule has 2 rings (SSSR count). The molecule has 1 aliphatic carbocycles. The molecule has 0 bridgehead atoms. The normalized spacial score (nSPS) is 26.0. The van der Waals surface area contributed by atoms with Crippen LogP contribution in [0.1, 0.15) is 44.2 Å². The summed E-state index contributed by atoms with van der Waals surface area (Å²) in [6.07, 6.45) is 5.32. The van der Waals surface area contributed by atoms with Gasteiger partial charge in [0.05, 0.1) is 5.02 Å². The Kier molecular flexibility index (Phi) is 5.11. The van der Waals surface area contributed by atoms with Gasteiger partial charge in [0, 0.05) is 10.5 Å². The molecule has 0 radical (unpaired) electrons. The van der Waals surface area contributed by atoms with Crippen LogP contribution in [0.2, 0.25) is 5.02 Å². The number of halogens is 2. The van der Waals surface area contributed by atoms with Crippen LogP contribution < -0.4 is 5.32 Å². The monoisotopic (exact) mass is 329 g/mol. The largest absolute Gasteiger partial charge is 0.313 e. The minimum absolute atomic E-state index is 0.373. The first kappa shape index (κ1) is 14.4. The van der Waals surface area contributed by atoms with Gasteiger partial charge in [0.2, 0.25) is 0 Å². The quantitative estimate of drug-likeness (QED) is 0.804. The van der Waals surface area contributed by atoms with Gasteiger partial charge >= 0.3 is 0 Å². The molecule has 3 heteroatoms. The molecule has 0 amide bonds. The number of hydrogen-bond donors (Lipinski definition) is 1. The molecule has 100 valence electrons. The van der Waals surface area contributed by atoms with Crippen LogP contribution in [0.15, 0.2) is 22.7 Å². The van der Waals surface area contributed by atoms with E-state index in [1.165, 1.54) is 31.2 Å². The Labute approximate surface area is 123 Å². The highest BCUT2D eigenvalue weighted by Crippen LogP contribution is 2.40. The van der Waals surface area contributed by atoms with Crippen molar-refractivity contribution in [2.75, 3.05) is 7.05 Å². The predicted molar refractivity (Wildman–Crippen MR) is 82.1 cm³/mol. The van der Waals surface area contributed by atoms with Crippen LogP contribution in [0.25, 0.3) is 0 Å². The lowest BCUT2D eigenvalue weighted by Crippen LogP contribution is -2.29. The Bertz CT molecular complexity index is 407. The summed E-state index contributed by atoms with van der Waals surface area (Å²) in [5.74, 6) is 1.54. The Morgan fingerprint density at radius 2 is 2.17 bits per heavy atom. The summed E-state index contributed by atoms with van der Waals surface area (Å²) in [4.78, 5) is 0. The van der Waals surface area contributed by atoms with Crippen molar-refractivity contribution in [2.24, 2.45) is 11.8 Å². The SMILES string of the molecule is CNC(c1cccc(Br)c1Cl)C1CCCC(C)C1. The van der Waals surface area contributed by atoms with Crippen molar-refractivity contribution in [1.29, 1.82) is 0 Å². The summed E-state index contributed by atoms with van der Waals surface area (Å²) in [7, 11) is 2.04. The number of benzene rings is 1. The van der Waals surface area contributed by atoms with Crippen LogP contribution in [-0.2, 0) is 0 Å². The molecule has 1 aromatic carbocycles. The fourth-order valence-electron chi connectivity index (χ4n) is 3.19. The molecular weight excluding hydrogens is 310 g/mol. The zero-order valence-corrected chi connectivity index (χ0v) is 13.4. The Balaban J connectivity index is 2.24. The van der Waals surface area contributed by atoms with E-state index in [4.69, 9.17) is 11.6 Å². The smallest absolute Gasteiger partial charge is 0.0595 e. The molecule has 0 heterocycles. The van der Waals surface area contributed by atoms with Gasteiger partial charge in [-0.25, -0.2) is 0 Å². The van der Waals surface area contributed by atoms with E-state index in [1.807, 2.05) is 13.1 Å². The van der Waals surface area contributed by atoms with Gasteiger partial charge in [0.15, 0.2) is 0 Å². The average molecular weight is 331 g/mol. The fourth-order valence-corrected chi connectivity index (χ4v) is 3.81. The van der Waals surface area contributed by atoms with Gasteiger partial charge in [-0.2, -0.15) is 0 Å². The molecule has 3 unspecified atom stereocenters. The van der Waals surface area contributed by atoms with Crippen molar-refractivity contribution < 1.29 is 0 Å². The summed E-state index contributed by atoms with van der Waals surface area (Å²) in [5, 5.41) is 4.33. The molecule has 0 spiro atoms. The van der Waals surface area contributed by atoms with Crippen LogP contribution in [0.3, 0.4) is 0 Å². The molecular formula is C15H21BrClN. The summed E-state index contributed by atoms with van der Waals surface area (Å²) >= 11 is 9.96. The lowest BCUT2D eigenvalue weighted by Gasteiger charge is -2.34. The zero-order valence-electron chi connectivity index (χ0n) is 11.0. The van der Waals surface area contributed by atoms with E-state index >= 15 is 0 Å². The van der Waals surface area contributed by atoms with E-state index in [1.54, 1.807) is 0 Å². The number of hydrogen-bond acceptors (Lipinski definition) is 1. The molecule has 3 atom stereocenters. The minimum Gasteiger partial charge on any atom is -0.313 e. The van der Waals surface area contributed by atoms with Crippen molar-refractivity contribution in [3.8, 4) is 0 Å². The van der Waals surface area contributed by atoms with Crippen molar-refractivity contribution >= 4 is 27.5 Å². The van der Waals surface area contributed by atoms with E-state index in [9.17, 15) is 0 Å². The second-order valence-electron chi connectivity index (χ2n) is 5.44. The summed E-state index contributed by atoms with van der Waals surface area (Å²) in [5.41, 5.74) is 1.23. The van der Waals surface area contributed by atoms with Crippen LogP contribution >= 0.6 is 27.5 Å². The first-order chi connectivity index (χ1) is 8.63. The summed E-state index contributed by atoms with van der Waals surface area (Å²) < 4.78 is 0.991. The number of nitrogens with one attached hydrogen (secondary N) is 1. The predicted octanol–water partition coefficient (Wildman–Crippen LogP) is 5.19. The maximum atomic E-state index is 6.44. The third-order valence-electron chi connectivity index (χ3n) is 4.08. The van der Waals surface area contributed by atoms with Crippen molar-refractivity contribution in [1.82, 2.24) is 5.32 Å². The second-order valence-corrected chi connectivity index (χ2v) is 6.67. The maximum Gasteiger partial charge on any atom is 0.0595 e. The lowest BCUT2D eigenvalue weighted by atomic mass is 9.77. The average Bonchev–Trinajstić information content (AvgIpc) is 2.35. The summed E-state index contributed by atoms with van der Waals surface area (Å²) in [6.45, 7) is 2.36. The van der Waals surface area contributed by atoms with E-state index in [0.29, 0.717) is 12.0 Å². The molecule has 0 aliphatic heterocycles. The first-order valence-electron chi connectivity index (χ1n) is 6.74. The van der Waals surface area contributed by atoms with Gasteiger partial charge in [-0.3, -0.25) is 0 Å². The van der Waals surface area contributed by atoms with Crippen LogP contribution in [0.5, 0.6) is 0 Å². The van der Waals surface area contributed by atoms with E-state index in [0.717, 1.165) is 15.4 Å². The number of rotatable bonds is 3. The highest BCUT2D eigenvalue weighted by Gasteiger charge is 2.28. The molecule has 1 aromatic rings.